The zero-order valence-electron chi connectivity index (χ0n) is 7.54. The van der Waals surface area contributed by atoms with E-state index in [1.54, 1.807) is 0 Å². The van der Waals surface area contributed by atoms with Gasteiger partial charge in [-0.1, -0.05) is 37.6 Å². The highest BCUT2D eigenvalue weighted by Crippen LogP contribution is 2.29. The third kappa shape index (κ3) is 1.56. The molecule has 0 spiro atoms. The van der Waals surface area contributed by atoms with Gasteiger partial charge in [-0.25, -0.2) is 0 Å². The van der Waals surface area contributed by atoms with Crippen molar-refractivity contribution in [3.8, 4) is 0 Å². The molecule has 2 rings (SSSR count). The molecule has 68 valence electrons. The van der Waals surface area contributed by atoms with Crippen molar-refractivity contribution in [1.82, 2.24) is 4.37 Å². The number of nitrogens with zero attached hydrogens (tertiary/aromatic N) is 1. The summed E-state index contributed by atoms with van der Waals surface area (Å²) in [6.07, 6.45) is 0. The second kappa shape index (κ2) is 3.28. The molecule has 0 aliphatic carbocycles. The minimum atomic E-state index is 0.560. The van der Waals surface area contributed by atoms with Gasteiger partial charge in [-0.15, -0.1) is 0 Å². The Morgan fingerprint density at radius 2 is 2.15 bits per heavy atom. The molecule has 0 saturated heterocycles. The van der Waals surface area contributed by atoms with Crippen LogP contribution in [0.5, 0.6) is 0 Å². The first-order valence-electron chi connectivity index (χ1n) is 4.23. The van der Waals surface area contributed by atoms with Crippen molar-refractivity contribution in [2.24, 2.45) is 0 Å². The molecule has 1 nitrogen and oxygen atoms in total. The van der Waals surface area contributed by atoms with Gasteiger partial charge in [-0.3, -0.25) is 0 Å². The highest BCUT2D eigenvalue weighted by atomic mass is 35.5. The van der Waals surface area contributed by atoms with Gasteiger partial charge in [0.05, 0.1) is 4.70 Å². The standard InChI is InChI=1S/C10H10ClNS/c1-6(2)7-3-4-8-9(5-7)13-12-10(8)11/h3-6H,1-2H3. The summed E-state index contributed by atoms with van der Waals surface area (Å²) in [5, 5.41) is 1.69. The number of hydrogen-bond donors (Lipinski definition) is 0. The van der Waals surface area contributed by atoms with E-state index in [0.717, 1.165) is 5.39 Å². The van der Waals surface area contributed by atoms with Crippen LogP contribution in [0.15, 0.2) is 18.2 Å². The second-order valence-electron chi connectivity index (χ2n) is 3.38. The number of aromatic nitrogens is 1. The van der Waals surface area contributed by atoms with E-state index in [0.29, 0.717) is 11.1 Å². The number of fused-ring (bicyclic) bond motifs is 1. The Hall–Kier alpha value is -0.600. The average molecular weight is 212 g/mol. The Morgan fingerprint density at radius 3 is 2.85 bits per heavy atom. The maximum atomic E-state index is 5.90. The van der Waals surface area contributed by atoms with Crippen LogP contribution in [0.25, 0.3) is 10.1 Å². The number of hydrogen-bond acceptors (Lipinski definition) is 2. The molecule has 0 aliphatic rings. The molecule has 0 bridgehead atoms. The summed E-state index contributed by atoms with van der Waals surface area (Å²) in [4.78, 5) is 0. The van der Waals surface area contributed by atoms with Crippen LogP contribution in [-0.4, -0.2) is 4.37 Å². The molecule has 0 amide bonds. The van der Waals surface area contributed by atoms with E-state index in [9.17, 15) is 0 Å². The first-order valence-corrected chi connectivity index (χ1v) is 5.38. The van der Waals surface area contributed by atoms with E-state index in [1.807, 2.05) is 0 Å². The monoisotopic (exact) mass is 211 g/mol. The molecule has 0 unspecified atom stereocenters. The zero-order chi connectivity index (χ0) is 9.42. The lowest BCUT2D eigenvalue weighted by atomic mass is 10.0. The molecule has 0 N–H and O–H groups in total. The van der Waals surface area contributed by atoms with Gasteiger partial charge in [0.1, 0.15) is 0 Å². The molecule has 1 aromatic heterocycles. The van der Waals surface area contributed by atoms with Gasteiger partial charge in [0.15, 0.2) is 5.15 Å². The first-order chi connectivity index (χ1) is 6.18. The van der Waals surface area contributed by atoms with Gasteiger partial charge in [0.25, 0.3) is 0 Å². The molecule has 3 heteroatoms. The van der Waals surface area contributed by atoms with Crippen molar-refractivity contribution < 1.29 is 0 Å². The van der Waals surface area contributed by atoms with Gasteiger partial charge >= 0.3 is 0 Å². The Kier molecular flexibility index (Phi) is 2.26. The van der Waals surface area contributed by atoms with Crippen molar-refractivity contribution in [2.45, 2.75) is 19.8 Å². The van der Waals surface area contributed by atoms with Crippen LogP contribution >= 0.6 is 23.1 Å². The Morgan fingerprint density at radius 1 is 1.38 bits per heavy atom. The summed E-state index contributed by atoms with van der Waals surface area (Å²) in [6.45, 7) is 4.37. The molecular formula is C10H10ClNS. The van der Waals surface area contributed by atoms with Crippen LogP contribution in [0.4, 0.5) is 0 Å². The van der Waals surface area contributed by atoms with Crippen LogP contribution < -0.4 is 0 Å². The van der Waals surface area contributed by atoms with Gasteiger partial charge < -0.3 is 0 Å². The van der Waals surface area contributed by atoms with E-state index in [1.165, 1.54) is 21.8 Å². The van der Waals surface area contributed by atoms with Crippen LogP contribution in [0.1, 0.15) is 25.3 Å². The predicted molar refractivity (Wildman–Crippen MR) is 58.7 cm³/mol. The van der Waals surface area contributed by atoms with Crippen LogP contribution in [0.2, 0.25) is 5.15 Å². The highest BCUT2D eigenvalue weighted by Gasteiger charge is 2.05. The van der Waals surface area contributed by atoms with E-state index in [-0.39, 0.29) is 0 Å². The fourth-order valence-corrected chi connectivity index (χ4v) is 2.34. The second-order valence-corrected chi connectivity index (χ2v) is 4.55. The summed E-state index contributed by atoms with van der Waals surface area (Å²) in [5.41, 5.74) is 1.34. The molecule has 13 heavy (non-hydrogen) atoms. The van der Waals surface area contributed by atoms with Crippen LogP contribution in [0, 0.1) is 0 Å². The number of halogens is 1. The maximum Gasteiger partial charge on any atom is 0.150 e. The molecule has 0 atom stereocenters. The van der Waals surface area contributed by atoms with E-state index >= 15 is 0 Å². The maximum absolute atomic E-state index is 5.90. The van der Waals surface area contributed by atoms with Crippen molar-refractivity contribution >= 4 is 33.2 Å². The smallest absolute Gasteiger partial charge is 0.150 e. The Labute approximate surface area is 86.5 Å². The number of benzene rings is 1. The van der Waals surface area contributed by atoms with Crippen molar-refractivity contribution in [2.75, 3.05) is 0 Å². The van der Waals surface area contributed by atoms with Crippen molar-refractivity contribution in [3.05, 3.63) is 28.9 Å². The summed E-state index contributed by atoms with van der Waals surface area (Å²) in [6, 6.07) is 6.34. The summed E-state index contributed by atoms with van der Waals surface area (Å²) < 4.78 is 5.28. The summed E-state index contributed by atoms with van der Waals surface area (Å²) in [5.74, 6) is 0.560. The van der Waals surface area contributed by atoms with Gasteiger partial charge in [-0.05, 0) is 29.1 Å². The molecule has 0 fully saturated rings. The van der Waals surface area contributed by atoms with Gasteiger partial charge in [0.2, 0.25) is 0 Å². The Balaban J connectivity index is 2.63. The largest absolute Gasteiger partial charge is 0.180 e. The number of rotatable bonds is 1. The SMILES string of the molecule is CC(C)c1ccc2c(Cl)nsc2c1. The molecule has 0 aliphatic heterocycles. The molecule has 1 heterocycles. The van der Waals surface area contributed by atoms with Gasteiger partial charge in [0, 0.05) is 5.39 Å². The quantitative estimate of drug-likeness (QED) is 0.693. The van der Waals surface area contributed by atoms with Crippen molar-refractivity contribution in [3.63, 3.8) is 0 Å². The zero-order valence-corrected chi connectivity index (χ0v) is 9.12. The fraction of sp³-hybridized carbons (Fsp3) is 0.300. The summed E-state index contributed by atoms with van der Waals surface area (Å²) >= 11 is 7.37. The minimum absolute atomic E-state index is 0.560. The average Bonchev–Trinajstić information content (AvgIpc) is 2.47. The van der Waals surface area contributed by atoms with E-state index < -0.39 is 0 Å². The topological polar surface area (TPSA) is 12.9 Å². The lowest BCUT2D eigenvalue weighted by molar-refractivity contribution is 0.869. The molecule has 0 radical (unpaired) electrons. The fourth-order valence-electron chi connectivity index (χ4n) is 1.28. The lowest BCUT2D eigenvalue weighted by Crippen LogP contribution is -1.84. The van der Waals surface area contributed by atoms with E-state index in [2.05, 4.69) is 36.4 Å². The van der Waals surface area contributed by atoms with Gasteiger partial charge in [-0.2, -0.15) is 4.37 Å². The Bertz CT molecular complexity index is 433. The minimum Gasteiger partial charge on any atom is -0.180 e. The third-order valence-corrected chi connectivity index (χ3v) is 3.32. The highest BCUT2D eigenvalue weighted by molar-refractivity contribution is 7.13. The van der Waals surface area contributed by atoms with Crippen LogP contribution in [0.3, 0.4) is 0 Å². The molecule has 1 aromatic carbocycles. The van der Waals surface area contributed by atoms with E-state index in [4.69, 9.17) is 11.6 Å². The lowest BCUT2D eigenvalue weighted by Gasteiger charge is -2.03. The molecule has 0 saturated carbocycles. The molecular weight excluding hydrogens is 202 g/mol. The predicted octanol–water partition coefficient (Wildman–Crippen LogP) is 4.07. The summed E-state index contributed by atoms with van der Waals surface area (Å²) in [7, 11) is 0. The van der Waals surface area contributed by atoms with Crippen molar-refractivity contribution in [1.29, 1.82) is 0 Å². The first kappa shape index (κ1) is 8.97. The molecule has 2 aromatic rings. The third-order valence-electron chi connectivity index (χ3n) is 2.12. The normalized spacial score (nSPS) is 11.4. The van der Waals surface area contributed by atoms with Crippen LogP contribution in [-0.2, 0) is 0 Å².